The van der Waals surface area contributed by atoms with Gasteiger partial charge in [-0.2, -0.15) is 0 Å². The van der Waals surface area contributed by atoms with E-state index in [0.29, 0.717) is 17.0 Å². The molecule has 1 heterocycles. The third-order valence-electron chi connectivity index (χ3n) is 4.46. The van der Waals surface area contributed by atoms with Gasteiger partial charge in [0.05, 0.1) is 11.1 Å². The Bertz CT molecular complexity index is 1090. The number of carbonyl (C=O) groups is 3. The topological polar surface area (TPSA) is 75.7 Å². The van der Waals surface area contributed by atoms with Crippen molar-refractivity contribution in [3.8, 4) is 5.75 Å². The highest BCUT2D eigenvalue weighted by Crippen LogP contribution is 2.25. The lowest BCUT2D eigenvalue weighted by Crippen LogP contribution is -2.24. The molecule has 0 saturated heterocycles. The Labute approximate surface area is 155 Å². The van der Waals surface area contributed by atoms with Gasteiger partial charge in [-0.05, 0) is 41.1 Å². The van der Waals surface area contributed by atoms with Crippen LogP contribution in [-0.2, 0) is 4.79 Å². The molecule has 6 nitrogen and oxygen atoms in total. The van der Waals surface area contributed by atoms with Gasteiger partial charge in [-0.1, -0.05) is 30.3 Å². The number of hydrogen-bond acceptors (Lipinski definition) is 4. The van der Waals surface area contributed by atoms with Gasteiger partial charge in [0, 0.05) is 12.7 Å². The normalized spacial score (nSPS) is 13.0. The third kappa shape index (κ3) is 3.13. The minimum Gasteiger partial charge on any atom is -0.484 e. The molecule has 0 fully saturated rings. The van der Waals surface area contributed by atoms with Crippen LogP contribution < -0.4 is 10.1 Å². The van der Waals surface area contributed by atoms with Crippen molar-refractivity contribution in [3.63, 3.8) is 0 Å². The minimum atomic E-state index is -0.376. The van der Waals surface area contributed by atoms with E-state index in [9.17, 15) is 14.4 Å². The Balaban J connectivity index is 1.42. The van der Waals surface area contributed by atoms with E-state index < -0.39 is 0 Å². The zero-order valence-corrected chi connectivity index (χ0v) is 14.6. The molecule has 1 N–H and O–H groups in total. The molecule has 0 radical (unpaired) electrons. The fourth-order valence-corrected chi connectivity index (χ4v) is 3.04. The maximum Gasteiger partial charge on any atom is 0.262 e. The van der Waals surface area contributed by atoms with Gasteiger partial charge in [0.15, 0.2) is 6.61 Å². The number of benzene rings is 3. The van der Waals surface area contributed by atoms with Crippen molar-refractivity contribution >= 4 is 34.2 Å². The second-order valence-corrected chi connectivity index (χ2v) is 6.28. The predicted molar refractivity (Wildman–Crippen MR) is 101 cm³/mol. The quantitative estimate of drug-likeness (QED) is 0.726. The van der Waals surface area contributed by atoms with Crippen LogP contribution in [0.15, 0.2) is 60.7 Å². The molecule has 6 heteroatoms. The molecule has 4 rings (SSSR count). The first kappa shape index (κ1) is 16.8. The van der Waals surface area contributed by atoms with Gasteiger partial charge in [-0.15, -0.1) is 0 Å². The molecule has 0 atom stereocenters. The summed E-state index contributed by atoms with van der Waals surface area (Å²) in [5.41, 5.74) is 1.07. The molecular formula is C21H16N2O4. The fourth-order valence-electron chi connectivity index (χ4n) is 3.04. The number of ether oxygens (including phenoxy) is 1. The number of anilines is 1. The molecule has 1 aliphatic heterocycles. The van der Waals surface area contributed by atoms with Crippen molar-refractivity contribution in [3.05, 3.63) is 71.8 Å². The van der Waals surface area contributed by atoms with Gasteiger partial charge in [-0.3, -0.25) is 19.3 Å². The summed E-state index contributed by atoms with van der Waals surface area (Å²) in [6.07, 6.45) is 0. The molecular weight excluding hydrogens is 344 g/mol. The van der Waals surface area contributed by atoms with Crippen LogP contribution in [0.5, 0.6) is 5.75 Å². The van der Waals surface area contributed by atoms with Crippen LogP contribution >= 0.6 is 0 Å². The molecule has 3 amide bonds. The highest BCUT2D eigenvalue weighted by Gasteiger charge is 2.32. The summed E-state index contributed by atoms with van der Waals surface area (Å²) in [6, 6.07) is 18.1. The Kier molecular flexibility index (Phi) is 4.08. The molecule has 0 aromatic heterocycles. The molecule has 0 bridgehead atoms. The number of carbonyl (C=O) groups excluding carboxylic acids is 3. The molecule has 0 spiro atoms. The first-order valence-corrected chi connectivity index (χ1v) is 8.41. The molecule has 0 saturated carbocycles. The summed E-state index contributed by atoms with van der Waals surface area (Å²) in [5, 5.41) is 4.81. The molecule has 3 aromatic rings. The Morgan fingerprint density at radius 2 is 1.67 bits per heavy atom. The zero-order chi connectivity index (χ0) is 19.0. The number of nitrogens with one attached hydrogen (secondary N) is 1. The van der Waals surface area contributed by atoms with Gasteiger partial charge in [0.2, 0.25) is 0 Å². The number of amides is 3. The summed E-state index contributed by atoms with van der Waals surface area (Å²) < 4.78 is 5.55. The lowest BCUT2D eigenvalue weighted by molar-refractivity contribution is -0.118. The van der Waals surface area contributed by atoms with Crippen LogP contribution in [0.4, 0.5) is 5.69 Å². The van der Waals surface area contributed by atoms with Gasteiger partial charge in [-0.25, -0.2) is 0 Å². The molecule has 0 unspecified atom stereocenters. The largest absolute Gasteiger partial charge is 0.484 e. The monoisotopic (exact) mass is 360 g/mol. The van der Waals surface area contributed by atoms with Crippen molar-refractivity contribution in [2.45, 2.75) is 0 Å². The highest BCUT2D eigenvalue weighted by molar-refractivity contribution is 6.21. The van der Waals surface area contributed by atoms with E-state index in [0.717, 1.165) is 15.7 Å². The maximum atomic E-state index is 12.2. The lowest BCUT2D eigenvalue weighted by atomic mass is 10.1. The van der Waals surface area contributed by atoms with Gasteiger partial charge < -0.3 is 10.1 Å². The highest BCUT2D eigenvalue weighted by atomic mass is 16.5. The van der Waals surface area contributed by atoms with E-state index in [2.05, 4.69) is 5.32 Å². The summed E-state index contributed by atoms with van der Waals surface area (Å²) in [4.78, 5) is 37.1. The maximum absolute atomic E-state index is 12.2. The van der Waals surface area contributed by atoms with Crippen LogP contribution in [0.1, 0.15) is 20.7 Å². The molecule has 27 heavy (non-hydrogen) atoms. The average Bonchev–Trinajstić information content (AvgIpc) is 2.90. The minimum absolute atomic E-state index is 0.164. The standard InChI is InChI=1S/C21H16N2O4/c1-23-20(25)17-9-7-15(11-18(17)21(23)26)22-19(24)12-27-16-8-6-13-4-2-3-5-14(13)10-16/h2-11H,12H2,1H3,(H,22,24). The van der Waals surface area contributed by atoms with E-state index in [1.54, 1.807) is 12.1 Å². The van der Waals surface area contributed by atoms with Crippen LogP contribution in [0.3, 0.4) is 0 Å². The van der Waals surface area contributed by atoms with Crippen molar-refractivity contribution in [1.29, 1.82) is 0 Å². The Hall–Kier alpha value is -3.67. The Morgan fingerprint density at radius 1 is 0.926 bits per heavy atom. The number of hydrogen-bond donors (Lipinski definition) is 1. The third-order valence-corrected chi connectivity index (χ3v) is 4.46. The van der Waals surface area contributed by atoms with E-state index >= 15 is 0 Å². The summed E-state index contributed by atoms with van der Waals surface area (Å²) >= 11 is 0. The summed E-state index contributed by atoms with van der Waals surface area (Å²) in [5.74, 6) is -0.473. The number of nitrogens with zero attached hydrogens (tertiary/aromatic N) is 1. The smallest absolute Gasteiger partial charge is 0.262 e. The van der Waals surface area contributed by atoms with Crippen molar-refractivity contribution < 1.29 is 19.1 Å². The number of fused-ring (bicyclic) bond motifs is 2. The SMILES string of the molecule is CN1C(=O)c2ccc(NC(=O)COc3ccc4ccccc4c3)cc2C1=O. The first-order valence-electron chi connectivity index (χ1n) is 8.41. The van der Waals surface area contributed by atoms with Crippen LogP contribution in [-0.4, -0.2) is 36.3 Å². The molecule has 0 aliphatic carbocycles. The summed E-state index contributed by atoms with van der Waals surface area (Å²) in [6.45, 7) is -0.164. The van der Waals surface area contributed by atoms with Crippen LogP contribution in [0.2, 0.25) is 0 Å². The number of imide groups is 1. The molecule has 3 aromatic carbocycles. The van der Waals surface area contributed by atoms with E-state index in [1.807, 2.05) is 42.5 Å². The average molecular weight is 360 g/mol. The predicted octanol–water partition coefficient (Wildman–Crippen LogP) is 3.08. The van der Waals surface area contributed by atoms with Crippen molar-refractivity contribution in [2.24, 2.45) is 0 Å². The van der Waals surface area contributed by atoms with Crippen molar-refractivity contribution in [2.75, 3.05) is 19.0 Å². The van der Waals surface area contributed by atoms with Gasteiger partial charge in [0.1, 0.15) is 5.75 Å². The van der Waals surface area contributed by atoms with Crippen LogP contribution in [0, 0.1) is 0 Å². The van der Waals surface area contributed by atoms with E-state index in [4.69, 9.17) is 4.74 Å². The van der Waals surface area contributed by atoms with Gasteiger partial charge in [0.25, 0.3) is 17.7 Å². The molecule has 1 aliphatic rings. The molecule has 134 valence electrons. The second-order valence-electron chi connectivity index (χ2n) is 6.28. The van der Waals surface area contributed by atoms with Crippen LogP contribution in [0.25, 0.3) is 10.8 Å². The lowest BCUT2D eigenvalue weighted by Gasteiger charge is -2.09. The van der Waals surface area contributed by atoms with Crippen molar-refractivity contribution in [1.82, 2.24) is 4.90 Å². The Morgan fingerprint density at radius 3 is 2.48 bits per heavy atom. The summed E-state index contributed by atoms with van der Waals surface area (Å²) in [7, 11) is 1.43. The number of rotatable bonds is 4. The van der Waals surface area contributed by atoms with Gasteiger partial charge >= 0.3 is 0 Å². The van der Waals surface area contributed by atoms with E-state index in [1.165, 1.54) is 13.1 Å². The second kappa shape index (κ2) is 6.57. The van der Waals surface area contributed by atoms with E-state index in [-0.39, 0.29) is 29.9 Å². The zero-order valence-electron chi connectivity index (χ0n) is 14.6. The fraction of sp³-hybridized carbons (Fsp3) is 0.0952. The first-order chi connectivity index (χ1) is 13.0.